The van der Waals surface area contributed by atoms with E-state index in [-0.39, 0.29) is 5.92 Å². The van der Waals surface area contributed by atoms with Gasteiger partial charge in [-0.2, -0.15) is 0 Å². The van der Waals surface area contributed by atoms with Gasteiger partial charge in [-0.3, -0.25) is 0 Å². The van der Waals surface area contributed by atoms with E-state index in [1.54, 1.807) is 7.11 Å². The van der Waals surface area contributed by atoms with Crippen LogP contribution in [0.3, 0.4) is 0 Å². The van der Waals surface area contributed by atoms with Crippen LogP contribution in [0.1, 0.15) is 30.5 Å². The summed E-state index contributed by atoms with van der Waals surface area (Å²) in [5.74, 6) is 0.0485. The van der Waals surface area contributed by atoms with E-state index in [2.05, 4.69) is 0 Å². The molecule has 0 spiro atoms. The Morgan fingerprint density at radius 3 is 2.11 bits per heavy atom. The van der Waals surface area contributed by atoms with E-state index in [1.165, 1.54) is 6.08 Å². The van der Waals surface area contributed by atoms with E-state index in [4.69, 9.17) is 9.84 Å². The van der Waals surface area contributed by atoms with Crippen molar-refractivity contribution in [3.05, 3.63) is 34.9 Å². The van der Waals surface area contributed by atoms with Gasteiger partial charge in [0.15, 0.2) is 0 Å². The maximum absolute atomic E-state index is 10.9. The zero-order valence-corrected chi connectivity index (χ0v) is 11.6. The summed E-state index contributed by atoms with van der Waals surface area (Å²) in [5, 5.41) is 8.98. The molecule has 0 fully saturated rings. The molecule has 98 valence electrons. The fourth-order valence-electron chi connectivity index (χ4n) is 2.16. The molecule has 0 saturated carbocycles. The molecule has 3 heteroatoms. The highest BCUT2D eigenvalue weighted by Crippen LogP contribution is 2.31. The van der Waals surface area contributed by atoms with Gasteiger partial charge in [0.05, 0.1) is 7.11 Å². The van der Waals surface area contributed by atoms with Gasteiger partial charge in [-0.1, -0.05) is 13.8 Å². The first-order valence-electron chi connectivity index (χ1n) is 5.97. The van der Waals surface area contributed by atoms with Crippen molar-refractivity contribution in [2.45, 2.75) is 27.7 Å². The third kappa shape index (κ3) is 3.13. The van der Waals surface area contributed by atoms with Crippen LogP contribution < -0.4 is 4.74 Å². The summed E-state index contributed by atoms with van der Waals surface area (Å²) in [4.78, 5) is 10.9. The van der Waals surface area contributed by atoms with E-state index in [0.29, 0.717) is 0 Å². The van der Waals surface area contributed by atoms with E-state index in [1.807, 2.05) is 39.8 Å². The first-order valence-corrected chi connectivity index (χ1v) is 5.97. The van der Waals surface area contributed by atoms with Crippen LogP contribution in [0.2, 0.25) is 0 Å². The zero-order chi connectivity index (χ0) is 13.9. The number of methoxy groups -OCH3 is 1. The Morgan fingerprint density at radius 2 is 1.78 bits per heavy atom. The second kappa shape index (κ2) is 5.71. The molecule has 0 saturated heterocycles. The van der Waals surface area contributed by atoms with Crippen LogP contribution in [0.4, 0.5) is 0 Å². The molecule has 1 aromatic carbocycles. The highest BCUT2D eigenvalue weighted by molar-refractivity contribution is 5.91. The number of carboxylic acids is 1. The number of carbonyl (C=O) groups is 1. The summed E-state index contributed by atoms with van der Waals surface area (Å²) < 4.78 is 5.22. The number of hydrogen-bond acceptors (Lipinski definition) is 2. The molecule has 0 aromatic heterocycles. The van der Waals surface area contributed by atoms with Crippen molar-refractivity contribution >= 4 is 11.5 Å². The molecule has 18 heavy (non-hydrogen) atoms. The highest BCUT2D eigenvalue weighted by atomic mass is 16.5. The Kier molecular flexibility index (Phi) is 4.54. The second-order valence-corrected chi connectivity index (χ2v) is 4.73. The minimum Gasteiger partial charge on any atom is -0.497 e. The molecule has 0 aliphatic rings. The lowest BCUT2D eigenvalue weighted by molar-refractivity contribution is -0.131. The van der Waals surface area contributed by atoms with Crippen molar-refractivity contribution in [3.8, 4) is 5.75 Å². The average molecular weight is 248 g/mol. The number of benzene rings is 1. The molecule has 3 nitrogen and oxygen atoms in total. The maximum Gasteiger partial charge on any atom is 0.328 e. The molecule has 0 unspecified atom stereocenters. The summed E-state index contributed by atoms with van der Waals surface area (Å²) in [6, 6.07) is 3.86. The standard InChI is InChI=1S/C15H20O3/c1-9(2)13(8-14(16)17)15-10(3)6-12(18-5)7-11(15)4/h6-9H,1-5H3,(H,16,17)/b13-8+. The molecule has 0 atom stereocenters. The predicted molar refractivity (Wildman–Crippen MR) is 72.9 cm³/mol. The Balaban J connectivity index is 3.43. The SMILES string of the molecule is COc1cc(C)c(/C(=C/C(=O)O)C(C)C)c(C)c1. The first kappa shape index (κ1) is 14.3. The Bertz CT molecular complexity index is 462. The van der Waals surface area contributed by atoms with Gasteiger partial charge in [0.25, 0.3) is 0 Å². The third-order valence-corrected chi connectivity index (χ3v) is 2.93. The van der Waals surface area contributed by atoms with Crippen molar-refractivity contribution in [3.63, 3.8) is 0 Å². The monoisotopic (exact) mass is 248 g/mol. The van der Waals surface area contributed by atoms with E-state index >= 15 is 0 Å². The minimum absolute atomic E-state index is 0.159. The molecule has 1 rings (SSSR count). The van der Waals surface area contributed by atoms with Gasteiger partial charge in [0.1, 0.15) is 5.75 Å². The Labute approximate surface area is 108 Å². The number of carboxylic acid groups (broad SMARTS) is 1. The summed E-state index contributed by atoms with van der Waals surface area (Å²) in [6.07, 6.45) is 1.30. The van der Waals surface area contributed by atoms with Crippen molar-refractivity contribution in [1.29, 1.82) is 0 Å². The van der Waals surface area contributed by atoms with Crippen molar-refractivity contribution in [1.82, 2.24) is 0 Å². The van der Waals surface area contributed by atoms with Crippen LogP contribution in [-0.2, 0) is 4.79 Å². The van der Waals surface area contributed by atoms with Crippen molar-refractivity contribution < 1.29 is 14.6 Å². The van der Waals surface area contributed by atoms with Gasteiger partial charge in [-0.15, -0.1) is 0 Å². The lowest BCUT2D eigenvalue weighted by Crippen LogP contribution is -2.03. The third-order valence-electron chi connectivity index (χ3n) is 2.93. The fourth-order valence-corrected chi connectivity index (χ4v) is 2.16. The van der Waals surface area contributed by atoms with Gasteiger partial charge in [-0.05, 0) is 54.2 Å². The number of ether oxygens (including phenoxy) is 1. The summed E-state index contributed by atoms with van der Waals surface area (Å²) in [5.41, 5.74) is 3.93. The lowest BCUT2D eigenvalue weighted by Gasteiger charge is -2.18. The maximum atomic E-state index is 10.9. The van der Waals surface area contributed by atoms with Gasteiger partial charge in [0, 0.05) is 6.08 Å². The number of allylic oxidation sites excluding steroid dienone is 1. The van der Waals surface area contributed by atoms with E-state index in [9.17, 15) is 4.79 Å². The largest absolute Gasteiger partial charge is 0.497 e. The molecule has 0 aliphatic heterocycles. The lowest BCUT2D eigenvalue weighted by atomic mass is 9.88. The van der Waals surface area contributed by atoms with Crippen LogP contribution in [0.5, 0.6) is 5.75 Å². The number of aryl methyl sites for hydroxylation is 2. The number of aliphatic carboxylic acids is 1. The predicted octanol–water partition coefficient (Wildman–Crippen LogP) is 3.44. The van der Waals surface area contributed by atoms with E-state index in [0.717, 1.165) is 28.0 Å². The second-order valence-electron chi connectivity index (χ2n) is 4.73. The van der Waals surface area contributed by atoms with Crippen LogP contribution in [0.15, 0.2) is 18.2 Å². The molecule has 0 amide bonds. The smallest absolute Gasteiger partial charge is 0.328 e. The van der Waals surface area contributed by atoms with Crippen LogP contribution >= 0.6 is 0 Å². The van der Waals surface area contributed by atoms with Gasteiger partial charge >= 0.3 is 5.97 Å². The Morgan fingerprint density at radius 1 is 1.28 bits per heavy atom. The molecule has 1 N–H and O–H groups in total. The van der Waals surface area contributed by atoms with Gasteiger partial charge in [-0.25, -0.2) is 4.79 Å². The highest BCUT2D eigenvalue weighted by Gasteiger charge is 2.14. The molecular formula is C15H20O3. The fraction of sp³-hybridized carbons (Fsp3) is 0.400. The summed E-state index contributed by atoms with van der Waals surface area (Å²) in [6.45, 7) is 7.95. The first-order chi connectivity index (χ1) is 8.36. The van der Waals surface area contributed by atoms with Crippen molar-refractivity contribution in [2.75, 3.05) is 7.11 Å². The number of rotatable bonds is 4. The van der Waals surface area contributed by atoms with Gasteiger partial charge < -0.3 is 9.84 Å². The normalized spacial score (nSPS) is 11.8. The molecular weight excluding hydrogens is 228 g/mol. The summed E-state index contributed by atoms with van der Waals surface area (Å²) >= 11 is 0. The van der Waals surface area contributed by atoms with Crippen LogP contribution in [0, 0.1) is 19.8 Å². The van der Waals surface area contributed by atoms with Crippen LogP contribution in [-0.4, -0.2) is 18.2 Å². The van der Waals surface area contributed by atoms with Gasteiger partial charge in [0.2, 0.25) is 0 Å². The number of hydrogen-bond donors (Lipinski definition) is 1. The molecule has 0 bridgehead atoms. The van der Waals surface area contributed by atoms with E-state index < -0.39 is 5.97 Å². The molecule has 1 aromatic rings. The molecule has 0 radical (unpaired) electrons. The summed E-state index contributed by atoms with van der Waals surface area (Å²) in [7, 11) is 1.63. The molecule has 0 aliphatic carbocycles. The average Bonchev–Trinajstić information content (AvgIpc) is 2.25. The van der Waals surface area contributed by atoms with Crippen molar-refractivity contribution in [2.24, 2.45) is 5.92 Å². The molecule has 0 heterocycles. The Hall–Kier alpha value is -1.77. The van der Waals surface area contributed by atoms with Crippen LogP contribution in [0.25, 0.3) is 5.57 Å². The quantitative estimate of drug-likeness (QED) is 0.830. The zero-order valence-electron chi connectivity index (χ0n) is 11.6. The topological polar surface area (TPSA) is 46.5 Å². The minimum atomic E-state index is -0.909.